The van der Waals surface area contributed by atoms with Gasteiger partial charge in [-0.2, -0.15) is 0 Å². The molecule has 0 aliphatic rings. The fourth-order valence-corrected chi connectivity index (χ4v) is 2.65. The first-order valence-electron chi connectivity index (χ1n) is 6.45. The van der Waals surface area contributed by atoms with E-state index in [-0.39, 0.29) is 0 Å². The molecule has 1 unspecified atom stereocenters. The first kappa shape index (κ1) is 13.2. The van der Waals surface area contributed by atoms with E-state index in [1.165, 1.54) is 5.56 Å². The number of hydrogen-bond donors (Lipinski definition) is 1. The number of aromatic nitrogens is 1. The Balaban J connectivity index is 1.69. The van der Waals surface area contributed by atoms with Crippen molar-refractivity contribution in [2.45, 2.75) is 32.7 Å². The number of thiazole rings is 1. The van der Waals surface area contributed by atoms with Crippen LogP contribution in [0.25, 0.3) is 0 Å². The maximum Gasteiger partial charge on any atom is 0.0898 e. The average molecular weight is 260 g/mol. The van der Waals surface area contributed by atoms with Gasteiger partial charge in [-0.05, 0) is 38.8 Å². The van der Waals surface area contributed by atoms with E-state index < -0.39 is 0 Å². The largest absolute Gasteiger partial charge is 0.309 e. The van der Waals surface area contributed by atoms with Gasteiger partial charge in [-0.3, -0.25) is 0 Å². The zero-order chi connectivity index (χ0) is 12.8. The van der Waals surface area contributed by atoms with Gasteiger partial charge in [0.1, 0.15) is 0 Å². The topological polar surface area (TPSA) is 24.9 Å². The Morgan fingerprint density at radius 1 is 1.28 bits per heavy atom. The standard InChI is InChI=1S/C15H20N2S/c1-12(15-11-18-13(2)17-15)16-10-6-9-14-7-4-3-5-8-14/h3-5,7-8,11-12,16H,6,9-10H2,1-2H3. The minimum absolute atomic E-state index is 0.353. The SMILES string of the molecule is Cc1nc(C(C)NCCCc2ccccc2)cs1. The van der Waals surface area contributed by atoms with Crippen molar-refractivity contribution < 1.29 is 0 Å². The quantitative estimate of drug-likeness (QED) is 0.800. The minimum Gasteiger partial charge on any atom is -0.309 e. The van der Waals surface area contributed by atoms with Crippen LogP contribution in [0.5, 0.6) is 0 Å². The normalized spacial score (nSPS) is 12.6. The molecule has 0 aliphatic heterocycles. The summed E-state index contributed by atoms with van der Waals surface area (Å²) in [5.41, 5.74) is 2.58. The molecule has 3 heteroatoms. The molecule has 1 atom stereocenters. The molecule has 0 bridgehead atoms. The van der Waals surface area contributed by atoms with Crippen LogP contribution in [0.15, 0.2) is 35.7 Å². The number of aryl methyl sites for hydroxylation is 2. The zero-order valence-corrected chi connectivity index (χ0v) is 11.8. The van der Waals surface area contributed by atoms with E-state index in [1.54, 1.807) is 11.3 Å². The Kier molecular flexibility index (Phi) is 4.90. The molecule has 0 saturated heterocycles. The van der Waals surface area contributed by atoms with Crippen molar-refractivity contribution >= 4 is 11.3 Å². The van der Waals surface area contributed by atoms with Crippen molar-refractivity contribution in [1.29, 1.82) is 0 Å². The Labute approximate surface area is 113 Å². The fraction of sp³-hybridized carbons (Fsp3) is 0.400. The highest BCUT2D eigenvalue weighted by molar-refractivity contribution is 7.09. The summed E-state index contributed by atoms with van der Waals surface area (Å²) in [6.45, 7) is 5.26. The van der Waals surface area contributed by atoms with E-state index in [2.05, 4.69) is 59.9 Å². The molecule has 0 fully saturated rings. The molecule has 0 spiro atoms. The van der Waals surface area contributed by atoms with Crippen LogP contribution in [0, 0.1) is 6.92 Å². The van der Waals surface area contributed by atoms with Crippen molar-refractivity contribution in [2.24, 2.45) is 0 Å². The maximum atomic E-state index is 4.50. The van der Waals surface area contributed by atoms with E-state index in [9.17, 15) is 0 Å². The Bertz CT molecular complexity index is 464. The second-order valence-corrected chi connectivity index (χ2v) is 5.62. The Hall–Kier alpha value is -1.19. The van der Waals surface area contributed by atoms with Crippen molar-refractivity contribution in [3.63, 3.8) is 0 Å². The van der Waals surface area contributed by atoms with Gasteiger partial charge in [0.25, 0.3) is 0 Å². The number of rotatable bonds is 6. The van der Waals surface area contributed by atoms with E-state index in [1.807, 2.05) is 0 Å². The van der Waals surface area contributed by atoms with Crippen molar-refractivity contribution in [2.75, 3.05) is 6.54 Å². The van der Waals surface area contributed by atoms with E-state index in [4.69, 9.17) is 0 Å². The highest BCUT2D eigenvalue weighted by Gasteiger charge is 2.07. The summed E-state index contributed by atoms with van der Waals surface area (Å²) in [7, 11) is 0. The molecular weight excluding hydrogens is 240 g/mol. The molecule has 1 aromatic heterocycles. The molecule has 0 saturated carbocycles. The molecule has 0 amide bonds. The summed E-state index contributed by atoms with van der Waals surface area (Å²) < 4.78 is 0. The van der Waals surface area contributed by atoms with Crippen molar-refractivity contribution in [3.05, 3.63) is 52.0 Å². The van der Waals surface area contributed by atoms with Gasteiger partial charge in [-0.25, -0.2) is 4.98 Å². The van der Waals surface area contributed by atoms with Gasteiger partial charge in [0.2, 0.25) is 0 Å². The lowest BCUT2D eigenvalue weighted by molar-refractivity contribution is 0.549. The molecule has 2 nitrogen and oxygen atoms in total. The number of hydrogen-bond acceptors (Lipinski definition) is 3. The van der Waals surface area contributed by atoms with Crippen LogP contribution in [0.1, 0.15) is 35.7 Å². The minimum atomic E-state index is 0.353. The highest BCUT2D eigenvalue weighted by atomic mass is 32.1. The van der Waals surface area contributed by atoms with Gasteiger partial charge in [-0.1, -0.05) is 30.3 Å². The monoisotopic (exact) mass is 260 g/mol. The summed E-state index contributed by atoms with van der Waals surface area (Å²) >= 11 is 1.72. The summed E-state index contributed by atoms with van der Waals surface area (Å²) in [5.74, 6) is 0. The van der Waals surface area contributed by atoms with Gasteiger partial charge in [0, 0.05) is 11.4 Å². The van der Waals surface area contributed by atoms with Gasteiger partial charge < -0.3 is 5.32 Å². The first-order chi connectivity index (χ1) is 8.75. The van der Waals surface area contributed by atoms with Crippen LogP contribution in [0.4, 0.5) is 0 Å². The van der Waals surface area contributed by atoms with Crippen molar-refractivity contribution in [1.82, 2.24) is 10.3 Å². The maximum absolute atomic E-state index is 4.50. The van der Waals surface area contributed by atoms with Gasteiger partial charge in [-0.15, -0.1) is 11.3 Å². The summed E-state index contributed by atoms with van der Waals surface area (Å²) in [4.78, 5) is 4.50. The van der Waals surface area contributed by atoms with Gasteiger partial charge >= 0.3 is 0 Å². The lowest BCUT2D eigenvalue weighted by Crippen LogP contribution is -2.20. The summed E-state index contributed by atoms with van der Waals surface area (Å²) in [6, 6.07) is 11.0. The lowest BCUT2D eigenvalue weighted by atomic mass is 10.1. The van der Waals surface area contributed by atoms with Crippen LogP contribution in [-0.2, 0) is 6.42 Å². The van der Waals surface area contributed by atoms with Crippen molar-refractivity contribution in [3.8, 4) is 0 Å². The van der Waals surface area contributed by atoms with E-state index in [0.717, 1.165) is 30.1 Å². The molecule has 1 heterocycles. The molecule has 0 aliphatic carbocycles. The molecule has 96 valence electrons. The third-order valence-electron chi connectivity index (χ3n) is 3.02. The molecule has 1 N–H and O–H groups in total. The Morgan fingerprint density at radius 3 is 2.72 bits per heavy atom. The number of benzene rings is 1. The predicted octanol–water partition coefficient (Wildman–Crippen LogP) is 3.73. The highest BCUT2D eigenvalue weighted by Crippen LogP contribution is 2.15. The van der Waals surface area contributed by atoms with Crippen LogP contribution in [0.2, 0.25) is 0 Å². The molecule has 18 heavy (non-hydrogen) atoms. The third-order valence-corrected chi connectivity index (χ3v) is 3.81. The smallest absolute Gasteiger partial charge is 0.0898 e. The number of nitrogens with zero attached hydrogens (tertiary/aromatic N) is 1. The van der Waals surface area contributed by atoms with Crippen LogP contribution < -0.4 is 5.32 Å². The molecule has 1 aromatic carbocycles. The fourth-order valence-electron chi connectivity index (χ4n) is 1.94. The average Bonchev–Trinajstić information content (AvgIpc) is 2.82. The predicted molar refractivity (Wildman–Crippen MR) is 78.0 cm³/mol. The second kappa shape index (κ2) is 6.66. The molecule has 2 rings (SSSR count). The summed E-state index contributed by atoms with van der Waals surface area (Å²) in [5, 5.41) is 6.81. The number of nitrogens with one attached hydrogen (secondary N) is 1. The Morgan fingerprint density at radius 2 is 2.06 bits per heavy atom. The lowest BCUT2D eigenvalue weighted by Gasteiger charge is -2.11. The third kappa shape index (κ3) is 3.93. The van der Waals surface area contributed by atoms with Crippen LogP contribution >= 0.6 is 11.3 Å². The summed E-state index contributed by atoms with van der Waals surface area (Å²) in [6.07, 6.45) is 2.30. The van der Waals surface area contributed by atoms with Crippen LogP contribution in [0.3, 0.4) is 0 Å². The zero-order valence-electron chi connectivity index (χ0n) is 11.0. The van der Waals surface area contributed by atoms with E-state index in [0.29, 0.717) is 6.04 Å². The first-order valence-corrected chi connectivity index (χ1v) is 7.33. The van der Waals surface area contributed by atoms with Gasteiger partial charge in [0.15, 0.2) is 0 Å². The van der Waals surface area contributed by atoms with E-state index >= 15 is 0 Å². The second-order valence-electron chi connectivity index (χ2n) is 4.56. The molecular formula is C15H20N2S. The molecule has 0 radical (unpaired) electrons. The van der Waals surface area contributed by atoms with Gasteiger partial charge in [0.05, 0.1) is 10.7 Å². The van der Waals surface area contributed by atoms with Crippen LogP contribution in [-0.4, -0.2) is 11.5 Å². The molecule has 2 aromatic rings.